The normalized spacial score (nSPS) is 22.2. The Morgan fingerprint density at radius 2 is 1.66 bits per heavy atom. The van der Waals surface area contributed by atoms with Crippen LogP contribution in [0.15, 0.2) is 40.6 Å². The second kappa shape index (κ2) is 12.6. The van der Waals surface area contributed by atoms with E-state index in [1.807, 2.05) is 0 Å². The number of carboxylic acids is 1. The maximum atomic E-state index is 14.5. The van der Waals surface area contributed by atoms with Gasteiger partial charge in [0.05, 0.1) is 17.3 Å². The molecule has 2 saturated heterocycles. The maximum Gasteiger partial charge on any atom is 0.490 e. The van der Waals surface area contributed by atoms with Crippen molar-refractivity contribution in [1.82, 2.24) is 8.61 Å². The molecule has 41 heavy (non-hydrogen) atoms. The second-order valence-corrected chi connectivity index (χ2v) is 16.9. The van der Waals surface area contributed by atoms with Crippen molar-refractivity contribution in [2.45, 2.75) is 35.3 Å². The van der Waals surface area contributed by atoms with E-state index < -0.39 is 65.6 Å². The minimum absolute atomic E-state index is 0.0921. The lowest BCUT2D eigenvalue weighted by Crippen LogP contribution is -2.52. The minimum atomic E-state index is -5.08. The molecule has 1 aromatic carbocycles. The van der Waals surface area contributed by atoms with E-state index in [9.17, 15) is 42.8 Å². The third kappa shape index (κ3) is 8.23. The Morgan fingerprint density at radius 3 is 2.17 bits per heavy atom. The molecule has 11 nitrogen and oxygen atoms in total. The van der Waals surface area contributed by atoms with Gasteiger partial charge in [-0.05, 0) is 30.2 Å². The van der Waals surface area contributed by atoms with Gasteiger partial charge in [0.1, 0.15) is 10.0 Å². The van der Waals surface area contributed by atoms with E-state index in [0.29, 0.717) is 10.4 Å². The van der Waals surface area contributed by atoms with Crippen LogP contribution >= 0.6 is 11.3 Å². The molecule has 3 N–H and O–H groups in total. The SMILES string of the molecule is NCc1ccc(S(=O)(=O)C[C@H]2C[C@@H](c3ccccc3F)CN2S(=O)(=O)N2CCS(=O)(=O)CC2)s1.O=C(O)C(F)(F)F. The van der Waals surface area contributed by atoms with Gasteiger partial charge in [-0.25, -0.2) is 26.0 Å². The quantitative estimate of drug-likeness (QED) is 0.417. The zero-order valence-corrected chi connectivity index (χ0v) is 24.5. The molecule has 0 radical (unpaired) electrons. The fourth-order valence-electron chi connectivity index (χ4n) is 4.40. The molecule has 0 spiro atoms. The number of sulfone groups is 2. The summed E-state index contributed by atoms with van der Waals surface area (Å²) < 4.78 is 125. The van der Waals surface area contributed by atoms with Crippen LogP contribution in [0.4, 0.5) is 17.6 Å². The molecule has 0 saturated carbocycles. The van der Waals surface area contributed by atoms with Crippen molar-refractivity contribution >= 4 is 47.2 Å². The molecule has 0 unspecified atom stereocenters. The molecule has 0 bridgehead atoms. The number of carboxylic acid groups (broad SMARTS) is 1. The van der Waals surface area contributed by atoms with Gasteiger partial charge in [-0.2, -0.15) is 30.2 Å². The number of thiophene rings is 1. The highest BCUT2D eigenvalue weighted by Crippen LogP contribution is 2.37. The van der Waals surface area contributed by atoms with Crippen LogP contribution in [0.5, 0.6) is 0 Å². The Bertz CT molecular complexity index is 1560. The van der Waals surface area contributed by atoms with Crippen molar-refractivity contribution < 1.29 is 52.7 Å². The summed E-state index contributed by atoms with van der Waals surface area (Å²) in [5.41, 5.74) is 5.92. The van der Waals surface area contributed by atoms with Crippen LogP contribution in [0.25, 0.3) is 0 Å². The number of hydrogen-bond acceptors (Lipinski definition) is 9. The molecule has 1 aromatic heterocycles. The van der Waals surface area contributed by atoms with E-state index in [1.165, 1.54) is 18.2 Å². The summed E-state index contributed by atoms with van der Waals surface area (Å²) in [5, 5.41) is 7.12. The fraction of sp³-hybridized carbons (Fsp3) is 0.500. The average molecular weight is 666 g/mol. The average Bonchev–Trinajstić information content (AvgIpc) is 3.52. The Hall–Kier alpha value is -2.16. The minimum Gasteiger partial charge on any atom is -0.475 e. The number of rotatable bonds is 7. The van der Waals surface area contributed by atoms with Gasteiger partial charge in [-0.15, -0.1) is 11.3 Å². The molecule has 2 aromatic rings. The topological polar surface area (TPSA) is 172 Å². The van der Waals surface area contributed by atoms with Crippen molar-refractivity contribution in [3.05, 3.63) is 52.7 Å². The third-order valence-corrected chi connectivity index (χ3v) is 13.6. The Balaban J connectivity index is 0.000000587. The van der Waals surface area contributed by atoms with E-state index in [1.54, 1.807) is 18.2 Å². The molecule has 230 valence electrons. The Morgan fingerprint density at radius 1 is 1.07 bits per heavy atom. The first-order valence-electron chi connectivity index (χ1n) is 11.9. The van der Waals surface area contributed by atoms with Crippen LogP contribution in [0.2, 0.25) is 0 Å². The van der Waals surface area contributed by atoms with Gasteiger partial charge in [-0.1, -0.05) is 18.2 Å². The van der Waals surface area contributed by atoms with E-state index in [2.05, 4.69) is 0 Å². The van der Waals surface area contributed by atoms with Gasteiger partial charge in [0.2, 0.25) is 0 Å². The predicted molar refractivity (Wildman–Crippen MR) is 141 cm³/mol. The summed E-state index contributed by atoms with van der Waals surface area (Å²) >= 11 is 1.04. The molecule has 2 atom stereocenters. The number of aliphatic carboxylic acids is 1. The highest BCUT2D eigenvalue weighted by Gasteiger charge is 2.46. The van der Waals surface area contributed by atoms with Crippen LogP contribution in [0.3, 0.4) is 0 Å². The van der Waals surface area contributed by atoms with Gasteiger partial charge in [0.25, 0.3) is 10.2 Å². The largest absolute Gasteiger partial charge is 0.490 e. The van der Waals surface area contributed by atoms with E-state index in [-0.39, 0.29) is 48.3 Å². The second-order valence-electron chi connectivity index (χ2n) is 9.25. The van der Waals surface area contributed by atoms with Crippen LogP contribution in [-0.4, -0.2) is 94.1 Å². The zero-order chi connectivity index (χ0) is 30.8. The van der Waals surface area contributed by atoms with Crippen molar-refractivity contribution in [3.63, 3.8) is 0 Å². The first-order chi connectivity index (χ1) is 18.9. The summed E-state index contributed by atoms with van der Waals surface area (Å²) in [6.07, 6.45) is -4.96. The van der Waals surface area contributed by atoms with Crippen molar-refractivity contribution in [3.8, 4) is 0 Å². The lowest BCUT2D eigenvalue weighted by molar-refractivity contribution is -0.192. The fourth-order valence-corrected chi connectivity index (χ4v) is 10.7. The number of halogens is 4. The highest BCUT2D eigenvalue weighted by atomic mass is 32.2. The van der Waals surface area contributed by atoms with Gasteiger partial charge in [-0.3, -0.25) is 0 Å². The number of benzene rings is 1. The Kier molecular flexibility index (Phi) is 10.2. The molecule has 2 aliphatic rings. The summed E-state index contributed by atoms with van der Waals surface area (Å²) in [5.74, 6) is -4.83. The van der Waals surface area contributed by atoms with Gasteiger partial charge < -0.3 is 10.8 Å². The van der Waals surface area contributed by atoms with Crippen LogP contribution < -0.4 is 5.73 Å². The van der Waals surface area contributed by atoms with Crippen molar-refractivity contribution in [1.29, 1.82) is 0 Å². The van der Waals surface area contributed by atoms with Gasteiger partial charge in [0, 0.05) is 43.0 Å². The molecule has 4 rings (SSSR count). The lowest BCUT2D eigenvalue weighted by Gasteiger charge is -2.32. The summed E-state index contributed by atoms with van der Waals surface area (Å²) in [6, 6.07) is 8.19. The lowest BCUT2D eigenvalue weighted by atomic mass is 9.96. The maximum absolute atomic E-state index is 14.5. The number of alkyl halides is 3. The molecule has 19 heteroatoms. The molecule has 0 amide bonds. The van der Waals surface area contributed by atoms with Gasteiger partial charge in [0.15, 0.2) is 19.7 Å². The summed E-state index contributed by atoms with van der Waals surface area (Å²) in [6.45, 7) is -0.298. The van der Waals surface area contributed by atoms with E-state index in [0.717, 1.165) is 19.9 Å². The Labute approximate surface area is 238 Å². The first kappa shape index (κ1) is 33.3. The summed E-state index contributed by atoms with van der Waals surface area (Å²) in [4.78, 5) is 9.58. The van der Waals surface area contributed by atoms with Crippen LogP contribution in [-0.2, 0) is 41.2 Å². The smallest absolute Gasteiger partial charge is 0.475 e. The molecular weight excluding hydrogens is 639 g/mol. The summed E-state index contributed by atoms with van der Waals surface area (Å²) in [7, 11) is -11.3. The van der Waals surface area contributed by atoms with Gasteiger partial charge >= 0.3 is 12.1 Å². The molecule has 3 heterocycles. The monoisotopic (exact) mass is 665 g/mol. The number of carbonyl (C=O) groups is 1. The number of nitrogens with two attached hydrogens (primary N) is 1. The first-order valence-corrected chi connectivity index (χ1v) is 17.6. The highest BCUT2D eigenvalue weighted by molar-refractivity contribution is 7.93. The molecule has 2 fully saturated rings. The van der Waals surface area contributed by atoms with Crippen molar-refractivity contribution in [2.24, 2.45) is 5.73 Å². The number of hydrogen-bond donors (Lipinski definition) is 2. The van der Waals surface area contributed by atoms with Crippen molar-refractivity contribution in [2.75, 3.05) is 36.9 Å². The van der Waals surface area contributed by atoms with E-state index in [4.69, 9.17) is 15.6 Å². The van der Waals surface area contributed by atoms with Crippen LogP contribution in [0, 0.1) is 5.82 Å². The van der Waals surface area contributed by atoms with E-state index >= 15 is 0 Å². The third-order valence-electron chi connectivity index (χ3n) is 6.43. The predicted octanol–water partition coefficient (Wildman–Crippen LogP) is 1.59. The number of nitrogens with zero attached hydrogens (tertiary/aromatic N) is 2. The molecule has 2 aliphatic heterocycles. The molecule has 0 aliphatic carbocycles. The zero-order valence-electron chi connectivity index (χ0n) is 21.2. The molecular formula is C22H27F4N3O8S4. The van der Waals surface area contributed by atoms with Crippen LogP contribution in [0.1, 0.15) is 22.8 Å². The standard InChI is InChI=1S/C20H26FN3O6S4.C2HF3O2/c21-19-4-2-1-3-18(19)15-11-16(14-33(27,28)20-6-5-17(12-22)31-20)24(13-15)34(29,30)23-7-9-32(25,26)10-8-23;3-2(4,5)1(6)7/h1-6,15-16H,7-14,22H2;(H,6,7)/t15-,16-;/m1./s1.